The van der Waals surface area contributed by atoms with Crippen molar-refractivity contribution in [3.8, 4) is 5.75 Å². The highest BCUT2D eigenvalue weighted by molar-refractivity contribution is 6.37. The van der Waals surface area contributed by atoms with Gasteiger partial charge in [0.2, 0.25) is 0 Å². The molecular formula is C26H30ClFN2O2. The van der Waals surface area contributed by atoms with Crippen LogP contribution in [0, 0.1) is 5.82 Å². The van der Waals surface area contributed by atoms with E-state index < -0.39 is 6.10 Å². The summed E-state index contributed by atoms with van der Waals surface area (Å²) >= 11 is 6.42. The molecule has 0 saturated carbocycles. The number of rotatable bonds is 7. The van der Waals surface area contributed by atoms with E-state index in [1.807, 2.05) is 42.5 Å². The van der Waals surface area contributed by atoms with Gasteiger partial charge in [0, 0.05) is 37.1 Å². The second-order valence-corrected chi connectivity index (χ2v) is 8.94. The van der Waals surface area contributed by atoms with Crippen molar-refractivity contribution in [3.63, 3.8) is 0 Å². The highest BCUT2D eigenvalue weighted by atomic mass is 35.5. The van der Waals surface area contributed by atoms with E-state index in [1.54, 1.807) is 7.11 Å². The van der Waals surface area contributed by atoms with Crippen molar-refractivity contribution in [3.05, 3.63) is 76.6 Å². The summed E-state index contributed by atoms with van der Waals surface area (Å²) in [6, 6.07) is 16.8. The maximum absolute atomic E-state index is 13.1. The maximum Gasteiger partial charge on any atom is 0.138 e. The summed E-state index contributed by atoms with van der Waals surface area (Å²) in [5, 5.41) is 17.1. The van der Waals surface area contributed by atoms with Crippen molar-refractivity contribution in [2.75, 3.05) is 20.2 Å². The molecule has 1 fully saturated rings. The lowest BCUT2D eigenvalue weighted by Crippen LogP contribution is -2.47. The summed E-state index contributed by atoms with van der Waals surface area (Å²) in [4.78, 5) is 2.35. The van der Waals surface area contributed by atoms with Gasteiger partial charge < -0.3 is 15.2 Å². The van der Waals surface area contributed by atoms with E-state index in [0.29, 0.717) is 16.8 Å². The topological polar surface area (TPSA) is 44.7 Å². The number of methoxy groups -OCH3 is 1. The van der Waals surface area contributed by atoms with Gasteiger partial charge in [-0.25, -0.2) is 4.39 Å². The van der Waals surface area contributed by atoms with Crippen molar-refractivity contribution in [1.82, 2.24) is 10.2 Å². The van der Waals surface area contributed by atoms with E-state index >= 15 is 0 Å². The predicted octanol–water partition coefficient (Wildman–Crippen LogP) is 5.32. The number of hydrogen-bond donors (Lipinski definition) is 2. The zero-order chi connectivity index (χ0) is 22.7. The number of nitrogens with one attached hydrogen (secondary N) is 1. The first-order valence-corrected chi connectivity index (χ1v) is 11.5. The average Bonchev–Trinajstić information content (AvgIpc) is 2.83. The Balaban J connectivity index is 1.34. The van der Waals surface area contributed by atoms with Gasteiger partial charge in [-0.1, -0.05) is 41.9 Å². The minimum atomic E-state index is -0.580. The standard InChI is InChI=1S/C26H30ClFN2O2/c1-17(26(31)20-5-9-23-19(15-20)6-10-24(32-2)25(23)27)30-13-11-22(12-14-30)29-16-18-3-7-21(28)8-4-18/h3-10,15,17,22,26,29,31H,11-14,16H2,1-2H3. The molecule has 1 aliphatic heterocycles. The van der Waals surface area contributed by atoms with Crippen LogP contribution in [0.2, 0.25) is 5.02 Å². The fraction of sp³-hybridized carbons (Fsp3) is 0.385. The van der Waals surface area contributed by atoms with Crippen LogP contribution in [0.4, 0.5) is 4.39 Å². The van der Waals surface area contributed by atoms with E-state index in [-0.39, 0.29) is 11.9 Å². The molecule has 1 heterocycles. The number of aliphatic hydroxyl groups excluding tert-OH is 1. The lowest BCUT2D eigenvalue weighted by atomic mass is 9.96. The molecule has 2 unspecified atom stereocenters. The Labute approximate surface area is 194 Å². The lowest BCUT2D eigenvalue weighted by molar-refractivity contribution is 0.0414. The zero-order valence-electron chi connectivity index (χ0n) is 18.5. The highest BCUT2D eigenvalue weighted by Crippen LogP contribution is 2.34. The Bertz CT molecular complexity index is 1050. The Morgan fingerprint density at radius 3 is 2.53 bits per heavy atom. The van der Waals surface area contributed by atoms with E-state index in [4.69, 9.17) is 16.3 Å². The number of ether oxygens (including phenoxy) is 1. The summed E-state index contributed by atoms with van der Waals surface area (Å²) in [7, 11) is 1.61. The summed E-state index contributed by atoms with van der Waals surface area (Å²) in [5.74, 6) is 0.445. The third-order valence-corrected chi connectivity index (χ3v) is 6.96. The number of benzene rings is 3. The van der Waals surface area contributed by atoms with Crippen LogP contribution in [0.3, 0.4) is 0 Å². The molecule has 0 bridgehead atoms. The van der Waals surface area contributed by atoms with Gasteiger partial charge in [0.1, 0.15) is 11.6 Å². The highest BCUT2D eigenvalue weighted by Gasteiger charge is 2.27. The molecule has 0 aromatic heterocycles. The minimum absolute atomic E-state index is 0.0132. The van der Waals surface area contributed by atoms with Gasteiger partial charge in [-0.2, -0.15) is 0 Å². The van der Waals surface area contributed by atoms with Gasteiger partial charge in [-0.05, 0) is 60.5 Å². The van der Waals surface area contributed by atoms with Crippen molar-refractivity contribution < 1.29 is 14.2 Å². The number of halogens is 2. The molecule has 0 radical (unpaired) electrons. The van der Waals surface area contributed by atoms with E-state index in [2.05, 4.69) is 17.1 Å². The molecule has 2 atom stereocenters. The van der Waals surface area contributed by atoms with Crippen LogP contribution in [0.15, 0.2) is 54.6 Å². The van der Waals surface area contributed by atoms with E-state index in [9.17, 15) is 9.50 Å². The molecule has 170 valence electrons. The maximum atomic E-state index is 13.1. The van der Waals surface area contributed by atoms with Crippen LogP contribution < -0.4 is 10.1 Å². The number of piperidine rings is 1. The summed E-state index contributed by atoms with van der Waals surface area (Å²) in [5.41, 5.74) is 1.98. The number of aliphatic hydroxyl groups is 1. The van der Waals surface area contributed by atoms with Crippen LogP contribution in [0.1, 0.15) is 37.0 Å². The number of nitrogens with zero attached hydrogens (tertiary/aromatic N) is 1. The van der Waals surface area contributed by atoms with E-state index in [0.717, 1.165) is 54.4 Å². The third kappa shape index (κ3) is 5.07. The van der Waals surface area contributed by atoms with Crippen LogP contribution in [0.5, 0.6) is 5.75 Å². The third-order valence-electron chi connectivity index (χ3n) is 6.57. The normalized spacial score (nSPS) is 17.4. The van der Waals surface area contributed by atoms with Gasteiger partial charge in [0.25, 0.3) is 0 Å². The molecule has 1 aliphatic rings. The van der Waals surface area contributed by atoms with Crippen LogP contribution in [0.25, 0.3) is 10.8 Å². The summed E-state index contributed by atoms with van der Waals surface area (Å²) < 4.78 is 18.4. The molecule has 0 spiro atoms. The SMILES string of the molecule is COc1ccc2cc(C(O)C(C)N3CCC(NCc4ccc(F)cc4)CC3)ccc2c1Cl. The second kappa shape index (κ2) is 10.2. The molecule has 3 aromatic carbocycles. The summed E-state index contributed by atoms with van der Waals surface area (Å²) in [6.45, 7) is 4.68. The fourth-order valence-corrected chi connectivity index (χ4v) is 4.80. The van der Waals surface area contributed by atoms with Gasteiger partial charge >= 0.3 is 0 Å². The number of likely N-dealkylation sites (tertiary alicyclic amines) is 1. The Hall–Kier alpha value is -2.18. The van der Waals surface area contributed by atoms with Crippen molar-refractivity contribution in [1.29, 1.82) is 0 Å². The predicted molar refractivity (Wildman–Crippen MR) is 128 cm³/mol. The van der Waals surface area contributed by atoms with Gasteiger partial charge in [-0.15, -0.1) is 0 Å². The zero-order valence-corrected chi connectivity index (χ0v) is 19.3. The van der Waals surface area contributed by atoms with Crippen LogP contribution in [-0.4, -0.2) is 42.3 Å². The molecule has 3 aromatic rings. The lowest BCUT2D eigenvalue weighted by Gasteiger charge is -2.38. The average molecular weight is 457 g/mol. The smallest absolute Gasteiger partial charge is 0.138 e. The molecule has 6 heteroatoms. The summed E-state index contributed by atoms with van der Waals surface area (Å²) in [6.07, 6.45) is 1.46. The van der Waals surface area contributed by atoms with Crippen molar-refractivity contribution in [2.24, 2.45) is 0 Å². The quantitative estimate of drug-likeness (QED) is 0.505. The van der Waals surface area contributed by atoms with Crippen molar-refractivity contribution in [2.45, 2.75) is 44.5 Å². The Morgan fingerprint density at radius 2 is 1.84 bits per heavy atom. The van der Waals surface area contributed by atoms with Crippen LogP contribution >= 0.6 is 11.6 Å². The van der Waals surface area contributed by atoms with Crippen LogP contribution in [-0.2, 0) is 6.54 Å². The minimum Gasteiger partial charge on any atom is -0.495 e. The fourth-order valence-electron chi connectivity index (χ4n) is 4.49. The molecule has 32 heavy (non-hydrogen) atoms. The monoisotopic (exact) mass is 456 g/mol. The molecular weight excluding hydrogens is 427 g/mol. The molecule has 0 aliphatic carbocycles. The van der Waals surface area contributed by atoms with Gasteiger partial charge in [0.15, 0.2) is 0 Å². The molecule has 4 nitrogen and oxygen atoms in total. The Kier molecular flexibility index (Phi) is 7.31. The molecule has 1 saturated heterocycles. The number of hydrogen-bond acceptors (Lipinski definition) is 4. The largest absolute Gasteiger partial charge is 0.495 e. The number of fused-ring (bicyclic) bond motifs is 1. The van der Waals surface area contributed by atoms with Crippen molar-refractivity contribution >= 4 is 22.4 Å². The first-order valence-electron chi connectivity index (χ1n) is 11.1. The van der Waals surface area contributed by atoms with E-state index in [1.165, 1.54) is 12.1 Å². The Morgan fingerprint density at radius 1 is 1.12 bits per heavy atom. The van der Waals surface area contributed by atoms with Gasteiger partial charge in [0.05, 0.1) is 18.2 Å². The van der Waals surface area contributed by atoms with Gasteiger partial charge in [-0.3, -0.25) is 4.90 Å². The first kappa shape index (κ1) is 23.0. The molecule has 0 amide bonds. The molecule has 4 rings (SSSR count). The molecule has 2 N–H and O–H groups in total. The second-order valence-electron chi connectivity index (χ2n) is 8.57. The first-order chi connectivity index (χ1) is 15.5.